The van der Waals surface area contributed by atoms with Gasteiger partial charge in [-0.2, -0.15) is 0 Å². The maximum absolute atomic E-state index is 10.7. The van der Waals surface area contributed by atoms with Crippen LogP contribution in [-0.4, -0.2) is 33.3 Å². The molecule has 2 unspecified atom stereocenters. The highest BCUT2D eigenvalue weighted by atomic mass is 32.1. The Morgan fingerprint density at radius 1 is 1.33 bits per heavy atom. The van der Waals surface area contributed by atoms with Gasteiger partial charge in [-0.15, -0.1) is 11.3 Å². The number of phenols is 1. The molecule has 0 radical (unpaired) electrons. The van der Waals surface area contributed by atoms with Gasteiger partial charge in [0, 0.05) is 5.56 Å². The minimum atomic E-state index is -0.572. The minimum Gasteiger partial charge on any atom is -0.506 e. The number of nitrogens with zero attached hydrogens (tertiary/aromatic N) is 1. The van der Waals surface area contributed by atoms with E-state index in [0.29, 0.717) is 23.4 Å². The summed E-state index contributed by atoms with van der Waals surface area (Å²) in [5, 5.41) is 26.3. The van der Waals surface area contributed by atoms with Crippen molar-refractivity contribution in [3.05, 3.63) is 35.2 Å². The zero-order valence-electron chi connectivity index (χ0n) is 13.3. The van der Waals surface area contributed by atoms with Crippen molar-refractivity contribution in [2.45, 2.75) is 25.4 Å². The summed E-state index contributed by atoms with van der Waals surface area (Å²) in [6.07, 6.45) is 2.45. The SMILES string of the molecule is Oc1ccc(C(O)CC2CCCNC2)c2nc(-c3cccs3)[nH]c12. The Morgan fingerprint density at radius 2 is 2.25 bits per heavy atom. The number of aromatic hydroxyl groups is 1. The molecule has 0 amide bonds. The van der Waals surface area contributed by atoms with Gasteiger partial charge in [0.1, 0.15) is 17.1 Å². The van der Waals surface area contributed by atoms with Crippen LogP contribution < -0.4 is 5.32 Å². The highest BCUT2D eigenvalue weighted by molar-refractivity contribution is 7.13. The number of hydrogen-bond acceptors (Lipinski definition) is 5. The molecule has 3 aromatic rings. The molecular weight excluding hydrogens is 322 g/mol. The van der Waals surface area contributed by atoms with Gasteiger partial charge in [-0.05, 0) is 55.8 Å². The number of hydrogen-bond donors (Lipinski definition) is 4. The van der Waals surface area contributed by atoms with Gasteiger partial charge in [-0.1, -0.05) is 12.1 Å². The number of thiophene rings is 1. The predicted molar refractivity (Wildman–Crippen MR) is 96.2 cm³/mol. The molecule has 0 bridgehead atoms. The minimum absolute atomic E-state index is 0.163. The summed E-state index contributed by atoms with van der Waals surface area (Å²) >= 11 is 1.59. The lowest BCUT2D eigenvalue weighted by atomic mass is 9.90. The molecule has 1 aromatic carbocycles. The van der Waals surface area contributed by atoms with Crippen LogP contribution in [0.3, 0.4) is 0 Å². The fraction of sp³-hybridized carbons (Fsp3) is 0.389. The topological polar surface area (TPSA) is 81.2 Å². The van der Waals surface area contributed by atoms with Crippen molar-refractivity contribution in [3.63, 3.8) is 0 Å². The third-order valence-corrected chi connectivity index (χ3v) is 5.60. The molecule has 0 saturated carbocycles. The smallest absolute Gasteiger partial charge is 0.148 e. The third-order valence-electron chi connectivity index (χ3n) is 4.72. The van der Waals surface area contributed by atoms with E-state index in [4.69, 9.17) is 0 Å². The molecule has 4 N–H and O–H groups in total. The van der Waals surface area contributed by atoms with Crippen molar-refractivity contribution >= 4 is 22.4 Å². The van der Waals surface area contributed by atoms with Gasteiger partial charge in [0.25, 0.3) is 0 Å². The standard InChI is InChI=1S/C18H21N3O2S/c22-13-6-5-12(14(23)9-11-3-1-7-19-10-11)16-17(13)21-18(20-16)15-4-2-8-24-15/h2,4-6,8,11,14,19,22-23H,1,3,7,9-10H2,(H,20,21). The number of phenolic OH excluding ortho intramolecular Hbond substituents is 1. The summed E-state index contributed by atoms with van der Waals surface area (Å²) in [6.45, 7) is 2.03. The van der Waals surface area contributed by atoms with E-state index in [1.165, 1.54) is 0 Å². The molecule has 0 spiro atoms. The van der Waals surface area contributed by atoms with Crippen LogP contribution in [0.2, 0.25) is 0 Å². The maximum Gasteiger partial charge on any atom is 0.148 e. The Kier molecular flexibility index (Phi) is 4.26. The lowest BCUT2D eigenvalue weighted by Gasteiger charge is -2.25. The number of aromatic amines is 1. The maximum atomic E-state index is 10.7. The number of fused-ring (bicyclic) bond motifs is 1. The van der Waals surface area contributed by atoms with Gasteiger partial charge < -0.3 is 20.5 Å². The summed E-state index contributed by atoms with van der Waals surface area (Å²) in [5.74, 6) is 1.37. The lowest BCUT2D eigenvalue weighted by molar-refractivity contribution is 0.136. The number of H-pyrrole nitrogens is 1. The van der Waals surface area contributed by atoms with Crippen LogP contribution in [0.5, 0.6) is 5.75 Å². The molecule has 24 heavy (non-hydrogen) atoms. The van der Waals surface area contributed by atoms with Gasteiger partial charge in [-0.25, -0.2) is 4.98 Å². The average Bonchev–Trinajstić information content (AvgIpc) is 3.26. The fourth-order valence-electron chi connectivity index (χ4n) is 3.47. The molecule has 5 nitrogen and oxygen atoms in total. The second kappa shape index (κ2) is 6.55. The second-order valence-corrected chi connectivity index (χ2v) is 7.37. The van der Waals surface area contributed by atoms with Crippen molar-refractivity contribution in [3.8, 4) is 16.5 Å². The molecule has 2 aromatic heterocycles. The molecule has 4 rings (SSSR count). The van der Waals surface area contributed by atoms with E-state index in [-0.39, 0.29) is 5.75 Å². The van der Waals surface area contributed by atoms with Crippen molar-refractivity contribution < 1.29 is 10.2 Å². The molecule has 0 aliphatic carbocycles. The van der Waals surface area contributed by atoms with E-state index in [1.807, 2.05) is 17.5 Å². The molecule has 6 heteroatoms. The van der Waals surface area contributed by atoms with Gasteiger partial charge in [0.2, 0.25) is 0 Å². The Bertz CT molecular complexity index is 822. The van der Waals surface area contributed by atoms with Crippen LogP contribution >= 0.6 is 11.3 Å². The summed E-state index contributed by atoms with van der Waals surface area (Å²) in [5.41, 5.74) is 2.04. The van der Waals surface area contributed by atoms with E-state index >= 15 is 0 Å². The van der Waals surface area contributed by atoms with Crippen molar-refractivity contribution in [2.75, 3.05) is 13.1 Å². The second-order valence-electron chi connectivity index (χ2n) is 6.42. The number of aromatic nitrogens is 2. The Balaban J connectivity index is 1.68. The first-order chi connectivity index (χ1) is 11.7. The number of rotatable bonds is 4. The third kappa shape index (κ3) is 2.92. The molecule has 1 aliphatic heterocycles. The molecule has 2 atom stereocenters. The highest BCUT2D eigenvalue weighted by Crippen LogP contribution is 2.35. The number of aliphatic hydroxyl groups excluding tert-OH is 1. The van der Waals surface area contributed by atoms with Crippen LogP contribution in [0.4, 0.5) is 0 Å². The molecule has 3 heterocycles. The van der Waals surface area contributed by atoms with Crippen molar-refractivity contribution in [1.29, 1.82) is 0 Å². The summed E-state index contributed by atoms with van der Waals surface area (Å²) < 4.78 is 0. The number of aliphatic hydroxyl groups is 1. The van der Waals surface area contributed by atoms with E-state index in [1.54, 1.807) is 23.5 Å². The van der Waals surface area contributed by atoms with E-state index in [9.17, 15) is 10.2 Å². The zero-order valence-corrected chi connectivity index (χ0v) is 14.1. The average molecular weight is 343 g/mol. The van der Waals surface area contributed by atoms with Gasteiger partial charge in [0.05, 0.1) is 16.5 Å². The summed E-state index contributed by atoms with van der Waals surface area (Å²) in [6, 6.07) is 7.39. The number of imidazole rings is 1. The Morgan fingerprint density at radius 3 is 3.00 bits per heavy atom. The van der Waals surface area contributed by atoms with Gasteiger partial charge >= 0.3 is 0 Å². The Labute approximate surface area is 144 Å². The molecule has 1 fully saturated rings. The molecule has 1 aliphatic rings. The van der Waals surface area contributed by atoms with Crippen molar-refractivity contribution in [2.24, 2.45) is 5.92 Å². The lowest BCUT2D eigenvalue weighted by Crippen LogP contribution is -2.30. The summed E-state index contributed by atoms with van der Waals surface area (Å²) in [7, 11) is 0. The first-order valence-electron chi connectivity index (χ1n) is 8.36. The zero-order chi connectivity index (χ0) is 16.5. The number of piperidine rings is 1. The molecule has 126 valence electrons. The Hall–Kier alpha value is -1.89. The van der Waals surface area contributed by atoms with E-state index in [0.717, 1.165) is 42.2 Å². The van der Waals surface area contributed by atoms with Crippen LogP contribution in [0.15, 0.2) is 29.6 Å². The summed E-state index contributed by atoms with van der Waals surface area (Å²) in [4.78, 5) is 8.86. The van der Waals surface area contributed by atoms with E-state index in [2.05, 4.69) is 15.3 Å². The van der Waals surface area contributed by atoms with Crippen molar-refractivity contribution in [1.82, 2.24) is 15.3 Å². The first kappa shape index (κ1) is 15.6. The van der Waals surface area contributed by atoms with Gasteiger partial charge in [0.15, 0.2) is 0 Å². The highest BCUT2D eigenvalue weighted by Gasteiger charge is 2.22. The van der Waals surface area contributed by atoms with Crippen LogP contribution in [0.25, 0.3) is 21.7 Å². The van der Waals surface area contributed by atoms with Gasteiger partial charge in [-0.3, -0.25) is 0 Å². The number of nitrogens with one attached hydrogen (secondary N) is 2. The normalized spacial score (nSPS) is 19.6. The fourth-order valence-corrected chi connectivity index (χ4v) is 4.13. The van der Waals surface area contributed by atoms with E-state index < -0.39 is 6.10 Å². The number of benzene rings is 1. The largest absolute Gasteiger partial charge is 0.506 e. The van der Waals surface area contributed by atoms with Crippen LogP contribution in [0.1, 0.15) is 30.9 Å². The van der Waals surface area contributed by atoms with Crippen LogP contribution in [-0.2, 0) is 0 Å². The quantitative estimate of drug-likeness (QED) is 0.585. The molecular formula is C18H21N3O2S. The first-order valence-corrected chi connectivity index (χ1v) is 9.24. The molecule has 1 saturated heterocycles. The van der Waals surface area contributed by atoms with Crippen LogP contribution in [0, 0.1) is 5.92 Å². The predicted octanol–water partition coefficient (Wildman–Crippen LogP) is 3.42. The monoisotopic (exact) mass is 343 g/mol.